The third kappa shape index (κ3) is 3.23. The quantitative estimate of drug-likeness (QED) is 0.768. The summed E-state index contributed by atoms with van der Waals surface area (Å²) in [7, 11) is 1.69. The first-order valence-electron chi connectivity index (χ1n) is 6.94. The minimum absolute atomic E-state index is 0.290. The highest BCUT2D eigenvalue weighted by atomic mass is 32.1. The van der Waals surface area contributed by atoms with Gasteiger partial charge in [0.2, 0.25) is 0 Å². The van der Waals surface area contributed by atoms with Gasteiger partial charge in [0.1, 0.15) is 5.75 Å². The molecule has 3 rings (SSSR count). The fraction of sp³-hybridized carbons (Fsp3) is 0.235. The predicted molar refractivity (Wildman–Crippen MR) is 87.9 cm³/mol. The first-order valence-corrected chi connectivity index (χ1v) is 7.88. The molecule has 0 saturated heterocycles. The number of rotatable bonds is 5. The van der Waals surface area contributed by atoms with Crippen LogP contribution in [0.1, 0.15) is 24.2 Å². The summed E-state index contributed by atoms with van der Waals surface area (Å²) in [6.07, 6.45) is 0. The summed E-state index contributed by atoms with van der Waals surface area (Å²) >= 11 is 1.63. The molecule has 1 aromatic heterocycles. The summed E-state index contributed by atoms with van der Waals surface area (Å²) in [4.78, 5) is 4.29. The van der Waals surface area contributed by atoms with Crippen LogP contribution in [0, 0.1) is 0 Å². The molecule has 3 aromatic rings. The highest BCUT2D eigenvalue weighted by Gasteiger charge is 2.07. The number of hydrogen-bond acceptors (Lipinski definition) is 4. The van der Waals surface area contributed by atoms with Crippen LogP contribution in [0.2, 0.25) is 0 Å². The van der Waals surface area contributed by atoms with Crippen LogP contribution in [0.3, 0.4) is 0 Å². The van der Waals surface area contributed by atoms with Crippen molar-refractivity contribution in [3.63, 3.8) is 0 Å². The van der Waals surface area contributed by atoms with Gasteiger partial charge in [-0.2, -0.15) is 0 Å². The van der Waals surface area contributed by atoms with Gasteiger partial charge in [0.25, 0.3) is 0 Å². The number of fused-ring (bicyclic) bond motifs is 1. The summed E-state index contributed by atoms with van der Waals surface area (Å²) in [6.45, 7) is 2.97. The first-order chi connectivity index (χ1) is 10.3. The third-order valence-corrected chi connectivity index (χ3v) is 4.28. The van der Waals surface area contributed by atoms with Crippen LogP contribution in [0.4, 0.5) is 0 Å². The molecule has 0 bridgehead atoms. The summed E-state index contributed by atoms with van der Waals surface area (Å²) in [6, 6.07) is 13.0. The zero-order valence-corrected chi connectivity index (χ0v) is 13.0. The van der Waals surface area contributed by atoms with Crippen LogP contribution in [0.25, 0.3) is 10.8 Å². The topological polar surface area (TPSA) is 34.1 Å². The number of benzene rings is 2. The molecular formula is C17H18N2OS. The van der Waals surface area contributed by atoms with Crippen LogP contribution in [-0.4, -0.2) is 12.1 Å². The van der Waals surface area contributed by atoms with Gasteiger partial charge in [0.05, 0.1) is 18.3 Å². The number of aromatic nitrogens is 1. The Morgan fingerprint density at radius 3 is 2.76 bits per heavy atom. The van der Waals surface area contributed by atoms with Gasteiger partial charge in [-0.1, -0.05) is 18.2 Å². The molecule has 3 nitrogen and oxygen atoms in total. The summed E-state index contributed by atoms with van der Waals surface area (Å²) < 4.78 is 5.26. The van der Waals surface area contributed by atoms with Crippen molar-refractivity contribution in [2.75, 3.05) is 7.11 Å². The highest BCUT2D eigenvalue weighted by Crippen LogP contribution is 2.24. The Balaban J connectivity index is 1.76. The molecule has 21 heavy (non-hydrogen) atoms. The molecule has 0 spiro atoms. The molecule has 0 aliphatic heterocycles. The first kappa shape index (κ1) is 14.0. The lowest BCUT2D eigenvalue weighted by molar-refractivity contribution is 0.415. The lowest BCUT2D eigenvalue weighted by atomic mass is 10.0. The minimum atomic E-state index is 0.290. The standard InChI is InChI=1S/C17H18N2OS/c1-12(18-9-16-10-21-11-19-16)13-3-4-15-8-17(20-2)6-5-14(15)7-13/h3-8,10-12,18H,9H2,1-2H3. The van der Waals surface area contributed by atoms with Gasteiger partial charge < -0.3 is 10.1 Å². The van der Waals surface area contributed by atoms with Gasteiger partial charge in [-0.05, 0) is 41.5 Å². The third-order valence-electron chi connectivity index (χ3n) is 3.64. The van der Waals surface area contributed by atoms with E-state index < -0.39 is 0 Å². The van der Waals surface area contributed by atoms with E-state index in [1.54, 1.807) is 18.4 Å². The van der Waals surface area contributed by atoms with E-state index in [-0.39, 0.29) is 0 Å². The monoisotopic (exact) mass is 298 g/mol. The van der Waals surface area contributed by atoms with Crippen molar-refractivity contribution in [2.45, 2.75) is 19.5 Å². The average molecular weight is 298 g/mol. The van der Waals surface area contributed by atoms with Crippen molar-refractivity contribution in [3.8, 4) is 5.75 Å². The Morgan fingerprint density at radius 2 is 2.00 bits per heavy atom. The van der Waals surface area contributed by atoms with E-state index in [0.717, 1.165) is 18.0 Å². The highest BCUT2D eigenvalue weighted by molar-refractivity contribution is 7.07. The van der Waals surface area contributed by atoms with Gasteiger partial charge in [-0.15, -0.1) is 11.3 Å². The maximum Gasteiger partial charge on any atom is 0.119 e. The zero-order valence-electron chi connectivity index (χ0n) is 12.2. The molecule has 0 aliphatic rings. The SMILES string of the molecule is COc1ccc2cc(C(C)NCc3cscn3)ccc2c1. The Morgan fingerprint density at radius 1 is 1.19 bits per heavy atom. The lowest BCUT2D eigenvalue weighted by Crippen LogP contribution is -2.18. The molecule has 1 heterocycles. The van der Waals surface area contributed by atoms with Crippen molar-refractivity contribution in [1.29, 1.82) is 0 Å². The second-order valence-corrected chi connectivity index (χ2v) is 5.77. The largest absolute Gasteiger partial charge is 0.497 e. The molecule has 0 fully saturated rings. The van der Waals surface area contributed by atoms with Crippen molar-refractivity contribution in [3.05, 3.63) is 58.5 Å². The van der Waals surface area contributed by atoms with Gasteiger partial charge in [0.15, 0.2) is 0 Å². The van der Waals surface area contributed by atoms with Gasteiger partial charge in [-0.3, -0.25) is 0 Å². The number of ether oxygens (including phenoxy) is 1. The van der Waals surface area contributed by atoms with Crippen molar-refractivity contribution >= 4 is 22.1 Å². The maximum absolute atomic E-state index is 5.26. The predicted octanol–water partition coefficient (Wildman–Crippen LogP) is 4.16. The van der Waals surface area contributed by atoms with E-state index in [0.29, 0.717) is 6.04 Å². The number of methoxy groups -OCH3 is 1. The lowest BCUT2D eigenvalue weighted by Gasteiger charge is -2.14. The maximum atomic E-state index is 5.26. The number of nitrogens with zero attached hydrogens (tertiary/aromatic N) is 1. The molecule has 0 aliphatic carbocycles. The van der Waals surface area contributed by atoms with Crippen LogP contribution >= 0.6 is 11.3 Å². The normalized spacial score (nSPS) is 12.5. The van der Waals surface area contributed by atoms with Crippen molar-refractivity contribution in [1.82, 2.24) is 10.3 Å². The number of nitrogens with one attached hydrogen (secondary N) is 1. The molecule has 2 aromatic carbocycles. The molecule has 0 amide bonds. The fourth-order valence-electron chi connectivity index (χ4n) is 2.34. The fourth-order valence-corrected chi connectivity index (χ4v) is 2.90. The smallest absolute Gasteiger partial charge is 0.119 e. The second kappa shape index (κ2) is 6.24. The van der Waals surface area contributed by atoms with E-state index in [9.17, 15) is 0 Å². The summed E-state index contributed by atoms with van der Waals surface area (Å²) in [5, 5.41) is 8.01. The van der Waals surface area contributed by atoms with Crippen LogP contribution < -0.4 is 10.1 Å². The van der Waals surface area contributed by atoms with E-state index in [2.05, 4.69) is 52.9 Å². The summed E-state index contributed by atoms with van der Waals surface area (Å²) in [5.41, 5.74) is 4.24. The minimum Gasteiger partial charge on any atom is -0.497 e. The van der Waals surface area contributed by atoms with E-state index in [1.807, 2.05) is 11.6 Å². The molecule has 1 unspecified atom stereocenters. The van der Waals surface area contributed by atoms with Crippen LogP contribution in [0.5, 0.6) is 5.75 Å². The Labute approximate surface area is 128 Å². The Hall–Kier alpha value is -1.91. The van der Waals surface area contributed by atoms with E-state index in [1.165, 1.54) is 16.3 Å². The molecule has 0 radical (unpaired) electrons. The number of hydrogen-bond donors (Lipinski definition) is 1. The van der Waals surface area contributed by atoms with Crippen LogP contribution in [-0.2, 0) is 6.54 Å². The Kier molecular flexibility index (Phi) is 4.18. The van der Waals surface area contributed by atoms with E-state index >= 15 is 0 Å². The second-order valence-electron chi connectivity index (χ2n) is 5.05. The molecule has 1 atom stereocenters. The average Bonchev–Trinajstić information content (AvgIpc) is 3.05. The molecular weight excluding hydrogens is 280 g/mol. The molecule has 1 N–H and O–H groups in total. The molecule has 0 saturated carbocycles. The zero-order chi connectivity index (χ0) is 14.7. The van der Waals surface area contributed by atoms with Crippen LogP contribution in [0.15, 0.2) is 47.3 Å². The van der Waals surface area contributed by atoms with Crippen molar-refractivity contribution < 1.29 is 4.74 Å². The van der Waals surface area contributed by atoms with Gasteiger partial charge in [-0.25, -0.2) is 4.98 Å². The van der Waals surface area contributed by atoms with Gasteiger partial charge >= 0.3 is 0 Å². The van der Waals surface area contributed by atoms with E-state index in [4.69, 9.17) is 4.74 Å². The summed E-state index contributed by atoms with van der Waals surface area (Å²) in [5.74, 6) is 0.893. The van der Waals surface area contributed by atoms with Gasteiger partial charge in [0, 0.05) is 18.0 Å². The Bertz CT molecular complexity index is 725. The number of thiazole rings is 1. The molecule has 4 heteroatoms. The molecule has 108 valence electrons. The van der Waals surface area contributed by atoms with Crippen molar-refractivity contribution in [2.24, 2.45) is 0 Å².